The quantitative estimate of drug-likeness (QED) is 0.846. The summed E-state index contributed by atoms with van der Waals surface area (Å²) in [5.41, 5.74) is 1.63. The van der Waals surface area contributed by atoms with E-state index in [4.69, 9.17) is 4.42 Å². The molecular weight excluding hydrogens is 242 g/mol. The van der Waals surface area contributed by atoms with E-state index in [1.54, 1.807) is 11.1 Å². The molecule has 2 heterocycles. The van der Waals surface area contributed by atoms with Crippen molar-refractivity contribution in [3.63, 3.8) is 0 Å². The van der Waals surface area contributed by atoms with Crippen molar-refractivity contribution in [2.75, 3.05) is 11.4 Å². The fourth-order valence-corrected chi connectivity index (χ4v) is 1.97. The van der Waals surface area contributed by atoms with E-state index < -0.39 is 0 Å². The minimum Gasteiger partial charge on any atom is -0.438 e. The highest BCUT2D eigenvalue weighted by Crippen LogP contribution is 2.20. The molecule has 0 aliphatic carbocycles. The molecule has 2 aromatic rings. The second-order valence-corrected chi connectivity index (χ2v) is 4.18. The standard InChI is InChI=1S/C14H17N3O2/c1-4-11-12(19-9-16-11)14(18)17(5-2)13-10(3)7-6-8-15-13/h6-9H,4-5H2,1-3H3. The van der Waals surface area contributed by atoms with Crippen LogP contribution in [0.2, 0.25) is 0 Å². The lowest BCUT2D eigenvalue weighted by atomic mass is 10.2. The predicted molar refractivity (Wildman–Crippen MR) is 72.2 cm³/mol. The maximum Gasteiger partial charge on any atom is 0.297 e. The number of hydrogen-bond donors (Lipinski definition) is 0. The first-order valence-corrected chi connectivity index (χ1v) is 6.34. The number of pyridine rings is 1. The molecule has 5 heteroatoms. The summed E-state index contributed by atoms with van der Waals surface area (Å²) in [7, 11) is 0. The number of nitrogens with zero attached hydrogens (tertiary/aromatic N) is 3. The smallest absolute Gasteiger partial charge is 0.297 e. The first kappa shape index (κ1) is 13.3. The molecule has 2 aromatic heterocycles. The lowest BCUT2D eigenvalue weighted by Gasteiger charge is -2.20. The lowest BCUT2D eigenvalue weighted by Crippen LogP contribution is -2.32. The average molecular weight is 259 g/mol. The fourth-order valence-electron chi connectivity index (χ4n) is 1.97. The third-order valence-electron chi connectivity index (χ3n) is 2.97. The molecule has 19 heavy (non-hydrogen) atoms. The van der Waals surface area contributed by atoms with E-state index in [0.717, 1.165) is 5.56 Å². The van der Waals surface area contributed by atoms with E-state index in [2.05, 4.69) is 9.97 Å². The van der Waals surface area contributed by atoms with Crippen molar-refractivity contribution in [1.29, 1.82) is 0 Å². The van der Waals surface area contributed by atoms with E-state index in [1.807, 2.05) is 32.9 Å². The Bertz CT molecular complexity index is 578. The number of aromatic nitrogens is 2. The highest BCUT2D eigenvalue weighted by atomic mass is 16.3. The van der Waals surface area contributed by atoms with Crippen LogP contribution in [0, 0.1) is 6.92 Å². The average Bonchev–Trinajstić information content (AvgIpc) is 2.89. The van der Waals surface area contributed by atoms with Crippen LogP contribution in [-0.2, 0) is 6.42 Å². The Hall–Kier alpha value is -2.17. The van der Waals surface area contributed by atoms with Crippen molar-refractivity contribution in [1.82, 2.24) is 9.97 Å². The molecule has 0 saturated heterocycles. The number of oxazole rings is 1. The molecule has 0 fully saturated rings. The van der Waals surface area contributed by atoms with E-state index in [9.17, 15) is 4.79 Å². The van der Waals surface area contributed by atoms with E-state index >= 15 is 0 Å². The first-order valence-electron chi connectivity index (χ1n) is 6.34. The second-order valence-electron chi connectivity index (χ2n) is 4.18. The zero-order valence-electron chi connectivity index (χ0n) is 11.4. The van der Waals surface area contributed by atoms with Crippen molar-refractivity contribution < 1.29 is 9.21 Å². The van der Waals surface area contributed by atoms with Gasteiger partial charge in [-0.05, 0) is 31.9 Å². The number of amides is 1. The number of aryl methyl sites for hydroxylation is 2. The first-order chi connectivity index (χ1) is 9.19. The van der Waals surface area contributed by atoms with Crippen LogP contribution in [-0.4, -0.2) is 22.4 Å². The molecular formula is C14H17N3O2. The lowest BCUT2D eigenvalue weighted by molar-refractivity contribution is 0.0959. The van der Waals surface area contributed by atoms with Gasteiger partial charge in [-0.2, -0.15) is 0 Å². The van der Waals surface area contributed by atoms with Gasteiger partial charge in [0.25, 0.3) is 5.91 Å². The van der Waals surface area contributed by atoms with Crippen LogP contribution in [0.3, 0.4) is 0 Å². The number of rotatable bonds is 4. The van der Waals surface area contributed by atoms with Crippen LogP contribution in [0.5, 0.6) is 0 Å². The molecule has 0 radical (unpaired) electrons. The topological polar surface area (TPSA) is 59.2 Å². The Balaban J connectivity index is 2.38. The summed E-state index contributed by atoms with van der Waals surface area (Å²) in [5, 5.41) is 0. The van der Waals surface area contributed by atoms with Gasteiger partial charge in [-0.3, -0.25) is 9.69 Å². The summed E-state index contributed by atoms with van der Waals surface area (Å²) in [5.74, 6) is 0.765. The molecule has 2 rings (SSSR count). The van der Waals surface area contributed by atoms with Crippen molar-refractivity contribution >= 4 is 11.7 Å². The summed E-state index contributed by atoms with van der Waals surface area (Å²) in [6.45, 7) is 6.31. The van der Waals surface area contributed by atoms with Gasteiger partial charge in [0.2, 0.25) is 5.76 Å². The van der Waals surface area contributed by atoms with Gasteiger partial charge in [0.1, 0.15) is 5.82 Å². The summed E-state index contributed by atoms with van der Waals surface area (Å²) in [6.07, 6.45) is 3.65. The van der Waals surface area contributed by atoms with Gasteiger partial charge < -0.3 is 4.42 Å². The summed E-state index contributed by atoms with van der Waals surface area (Å²) in [4.78, 5) is 22.5. The number of anilines is 1. The van der Waals surface area contributed by atoms with Crippen LogP contribution in [0.1, 0.15) is 35.7 Å². The van der Waals surface area contributed by atoms with E-state index in [-0.39, 0.29) is 5.91 Å². The molecule has 0 bridgehead atoms. The van der Waals surface area contributed by atoms with Gasteiger partial charge in [-0.15, -0.1) is 0 Å². The highest BCUT2D eigenvalue weighted by Gasteiger charge is 2.24. The van der Waals surface area contributed by atoms with Gasteiger partial charge in [-0.1, -0.05) is 13.0 Å². The van der Waals surface area contributed by atoms with Crippen LogP contribution < -0.4 is 4.90 Å². The zero-order valence-corrected chi connectivity index (χ0v) is 11.4. The van der Waals surface area contributed by atoms with E-state index in [1.165, 1.54) is 6.39 Å². The van der Waals surface area contributed by atoms with Gasteiger partial charge in [0.05, 0.1) is 5.69 Å². The van der Waals surface area contributed by atoms with Crippen molar-refractivity contribution in [2.24, 2.45) is 0 Å². The molecule has 0 saturated carbocycles. The summed E-state index contributed by atoms with van der Waals surface area (Å²) < 4.78 is 5.23. The molecule has 5 nitrogen and oxygen atoms in total. The van der Waals surface area contributed by atoms with Crippen molar-refractivity contribution in [3.05, 3.63) is 41.7 Å². The molecule has 100 valence electrons. The Morgan fingerprint density at radius 3 is 2.79 bits per heavy atom. The molecule has 0 atom stereocenters. The van der Waals surface area contributed by atoms with Crippen molar-refractivity contribution in [2.45, 2.75) is 27.2 Å². The molecule has 0 spiro atoms. The Morgan fingerprint density at radius 1 is 1.37 bits per heavy atom. The molecule has 0 N–H and O–H groups in total. The van der Waals surface area contributed by atoms with E-state index in [0.29, 0.717) is 30.2 Å². The second kappa shape index (κ2) is 5.65. The van der Waals surface area contributed by atoms with Crippen LogP contribution in [0.15, 0.2) is 29.1 Å². The Morgan fingerprint density at radius 2 is 2.16 bits per heavy atom. The van der Waals surface area contributed by atoms with Gasteiger partial charge in [-0.25, -0.2) is 9.97 Å². The van der Waals surface area contributed by atoms with Gasteiger partial charge in [0.15, 0.2) is 6.39 Å². The SMILES string of the molecule is CCc1ncoc1C(=O)N(CC)c1ncccc1C. The third-order valence-corrected chi connectivity index (χ3v) is 2.97. The summed E-state index contributed by atoms with van der Waals surface area (Å²) in [6, 6.07) is 3.78. The number of hydrogen-bond acceptors (Lipinski definition) is 4. The molecule has 0 aliphatic heterocycles. The van der Waals surface area contributed by atoms with Crippen LogP contribution >= 0.6 is 0 Å². The zero-order chi connectivity index (χ0) is 13.8. The van der Waals surface area contributed by atoms with Gasteiger partial charge in [0, 0.05) is 12.7 Å². The summed E-state index contributed by atoms with van der Waals surface area (Å²) >= 11 is 0. The van der Waals surface area contributed by atoms with Crippen molar-refractivity contribution in [3.8, 4) is 0 Å². The molecule has 0 aromatic carbocycles. The number of carbonyl (C=O) groups excluding carboxylic acids is 1. The maximum atomic E-state index is 12.5. The number of carbonyl (C=O) groups is 1. The third kappa shape index (κ3) is 2.50. The predicted octanol–water partition coefficient (Wildman–Crippen LogP) is 2.61. The normalized spacial score (nSPS) is 10.5. The molecule has 0 aliphatic rings. The Kier molecular flexibility index (Phi) is 3.94. The molecule has 0 unspecified atom stereocenters. The highest BCUT2D eigenvalue weighted by molar-refractivity contribution is 6.04. The van der Waals surface area contributed by atoms with Gasteiger partial charge >= 0.3 is 0 Å². The van der Waals surface area contributed by atoms with Crippen LogP contribution in [0.4, 0.5) is 5.82 Å². The minimum absolute atomic E-state index is 0.196. The molecule has 1 amide bonds. The van der Waals surface area contributed by atoms with Crippen LogP contribution in [0.25, 0.3) is 0 Å². The Labute approximate surface area is 112 Å². The minimum atomic E-state index is -0.196. The fraction of sp³-hybridized carbons (Fsp3) is 0.357. The monoisotopic (exact) mass is 259 g/mol. The maximum absolute atomic E-state index is 12.5. The largest absolute Gasteiger partial charge is 0.438 e.